The fourth-order valence-corrected chi connectivity index (χ4v) is 2.29. The van der Waals surface area contributed by atoms with Crippen LogP contribution < -0.4 is 14.8 Å². The maximum Gasteiger partial charge on any atom is 0.241 e. The van der Waals surface area contributed by atoms with Gasteiger partial charge < -0.3 is 24.8 Å². The second-order valence-electron chi connectivity index (χ2n) is 5.59. The molecule has 0 radical (unpaired) electrons. The molecule has 2 aromatic rings. The highest BCUT2D eigenvalue weighted by molar-refractivity contribution is 5.80. The molecular formula is C17H19N3O4. The Morgan fingerprint density at radius 2 is 1.96 bits per heavy atom. The van der Waals surface area contributed by atoms with Gasteiger partial charge in [-0.25, -0.2) is 4.98 Å². The molecule has 3 rings (SSSR count). The second-order valence-corrected chi connectivity index (χ2v) is 5.59. The minimum Gasteiger partial charge on any atom is -0.504 e. The molecule has 0 saturated carbocycles. The van der Waals surface area contributed by atoms with Gasteiger partial charge in [0.2, 0.25) is 5.91 Å². The first-order valence-corrected chi connectivity index (χ1v) is 7.57. The lowest BCUT2D eigenvalue weighted by atomic mass is 10.1. The SMILES string of the molecule is CN(C)C(=O)CNc1ncc(-c2ccc3c(c2)OCCO3)cc1O. The van der Waals surface area contributed by atoms with E-state index in [4.69, 9.17) is 9.47 Å². The summed E-state index contributed by atoms with van der Waals surface area (Å²) in [7, 11) is 3.34. The van der Waals surface area contributed by atoms with Crippen molar-refractivity contribution < 1.29 is 19.4 Å². The van der Waals surface area contributed by atoms with Crippen LogP contribution in [0.2, 0.25) is 0 Å². The van der Waals surface area contributed by atoms with Gasteiger partial charge in [0.15, 0.2) is 23.1 Å². The summed E-state index contributed by atoms with van der Waals surface area (Å²) in [5.41, 5.74) is 1.60. The average molecular weight is 329 g/mol. The zero-order valence-electron chi connectivity index (χ0n) is 13.6. The standard InChI is InChI=1S/C17H19N3O4/c1-20(2)16(22)10-19-17-13(21)7-12(9-18-17)11-3-4-14-15(8-11)24-6-5-23-14/h3-4,7-9,21H,5-6,10H2,1-2H3,(H,18,19). The molecule has 1 aliphatic rings. The van der Waals surface area contributed by atoms with Crippen molar-refractivity contribution in [2.75, 3.05) is 39.2 Å². The van der Waals surface area contributed by atoms with Gasteiger partial charge in [0.25, 0.3) is 0 Å². The third kappa shape index (κ3) is 3.34. The first kappa shape index (κ1) is 15.9. The Morgan fingerprint density at radius 3 is 2.67 bits per heavy atom. The minimum atomic E-state index is -0.105. The number of hydrogen-bond acceptors (Lipinski definition) is 6. The van der Waals surface area contributed by atoms with E-state index >= 15 is 0 Å². The Hall–Kier alpha value is -2.96. The molecule has 1 aliphatic heterocycles. The largest absolute Gasteiger partial charge is 0.504 e. The first-order valence-electron chi connectivity index (χ1n) is 7.57. The number of fused-ring (bicyclic) bond motifs is 1. The number of pyridine rings is 1. The quantitative estimate of drug-likeness (QED) is 0.889. The van der Waals surface area contributed by atoms with Gasteiger partial charge in [-0.3, -0.25) is 4.79 Å². The van der Waals surface area contributed by atoms with Crippen molar-refractivity contribution in [1.82, 2.24) is 9.88 Å². The van der Waals surface area contributed by atoms with Crippen molar-refractivity contribution in [3.8, 4) is 28.4 Å². The fourth-order valence-electron chi connectivity index (χ4n) is 2.29. The Kier molecular flexibility index (Phi) is 4.41. The van der Waals surface area contributed by atoms with Crippen molar-refractivity contribution in [3.63, 3.8) is 0 Å². The molecule has 0 atom stereocenters. The van der Waals surface area contributed by atoms with Crippen LogP contribution in [0.3, 0.4) is 0 Å². The minimum absolute atomic E-state index is 0.0195. The highest BCUT2D eigenvalue weighted by Crippen LogP contribution is 2.35. The van der Waals surface area contributed by atoms with Crippen LogP contribution >= 0.6 is 0 Å². The number of likely N-dealkylation sites (N-methyl/N-ethyl adjacent to an activating group) is 1. The van der Waals surface area contributed by atoms with Gasteiger partial charge in [0.05, 0.1) is 6.54 Å². The van der Waals surface area contributed by atoms with E-state index in [-0.39, 0.29) is 24.0 Å². The van der Waals surface area contributed by atoms with E-state index in [1.54, 1.807) is 26.4 Å². The van der Waals surface area contributed by atoms with Crippen molar-refractivity contribution in [2.45, 2.75) is 0 Å². The summed E-state index contributed by atoms with van der Waals surface area (Å²) in [6.07, 6.45) is 1.63. The van der Waals surface area contributed by atoms with E-state index in [9.17, 15) is 9.90 Å². The monoisotopic (exact) mass is 329 g/mol. The van der Waals surface area contributed by atoms with E-state index in [2.05, 4.69) is 10.3 Å². The molecule has 0 saturated heterocycles. The van der Waals surface area contributed by atoms with Crippen LogP contribution in [0.5, 0.6) is 17.2 Å². The molecule has 7 nitrogen and oxygen atoms in total. The van der Waals surface area contributed by atoms with Crippen LogP contribution in [-0.2, 0) is 4.79 Å². The Balaban J connectivity index is 1.78. The third-order valence-corrected chi connectivity index (χ3v) is 3.65. The Labute approximate surface area is 139 Å². The molecule has 2 heterocycles. The Bertz CT molecular complexity index is 761. The van der Waals surface area contributed by atoms with Crippen LogP contribution in [0.4, 0.5) is 5.82 Å². The van der Waals surface area contributed by atoms with E-state index in [0.29, 0.717) is 24.7 Å². The molecule has 1 aromatic heterocycles. The average Bonchev–Trinajstić information content (AvgIpc) is 2.59. The molecule has 24 heavy (non-hydrogen) atoms. The number of carbonyl (C=O) groups excluding carboxylic acids is 1. The van der Waals surface area contributed by atoms with Gasteiger partial charge >= 0.3 is 0 Å². The smallest absolute Gasteiger partial charge is 0.241 e. The molecule has 0 spiro atoms. The van der Waals surface area contributed by atoms with E-state index in [1.807, 2.05) is 18.2 Å². The number of carbonyl (C=O) groups is 1. The molecule has 2 N–H and O–H groups in total. The normalized spacial score (nSPS) is 12.6. The molecular weight excluding hydrogens is 310 g/mol. The van der Waals surface area contributed by atoms with Crippen LogP contribution in [-0.4, -0.2) is 54.8 Å². The summed E-state index contributed by atoms with van der Waals surface area (Å²) < 4.78 is 11.1. The number of benzene rings is 1. The number of ether oxygens (including phenoxy) is 2. The second kappa shape index (κ2) is 6.66. The van der Waals surface area contributed by atoms with Gasteiger partial charge in [-0.05, 0) is 23.8 Å². The van der Waals surface area contributed by atoms with Crippen LogP contribution in [0.1, 0.15) is 0 Å². The third-order valence-electron chi connectivity index (χ3n) is 3.65. The number of aromatic hydroxyl groups is 1. The molecule has 7 heteroatoms. The highest BCUT2D eigenvalue weighted by Gasteiger charge is 2.14. The lowest BCUT2D eigenvalue weighted by molar-refractivity contribution is -0.126. The summed E-state index contributed by atoms with van der Waals surface area (Å²) in [6.45, 7) is 1.13. The maximum absolute atomic E-state index is 11.6. The van der Waals surface area contributed by atoms with E-state index in [0.717, 1.165) is 11.1 Å². The number of nitrogens with zero attached hydrogens (tertiary/aromatic N) is 2. The topological polar surface area (TPSA) is 83.9 Å². The predicted molar refractivity (Wildman–Crippen MR) is 89.5 cm³/mol. The van der Waals surface area contributed by atoms with Gasteiger partial charge in [0, 0.05) is 25.9 Å². The number of rotatable bonds is 4. The summed E-state index contributed by atoms with van der Waals surface area (Å²) >= 11 is 0. The number of aromatic nitrogens is 1. The molecule has 0 fully saturated rings. The van der Waals surface area contributed by atoms with Crippen molar-refractivity contribution in [3.05, 3.63) is 30.5 Å². The lowest BCUT2D eigenvalue weighted by Gasteiger charge is -2.19. The highest BCUT2D eigenvalue weighted by atomic mass is 16.6. The number of nitrogens with one attached hydrogen (secondary N) is 1. The summed E-state index contributed by atoms with van der Waals surface area (Å²) in [5, 5.41) is 13.0. The maximum atomic E-state index is 11.6. The van der Waals surface area contributed by atoms with Crippen LogP contribution in [0.25, 0.3) is 11.1 Å². The van der Waals surface area contributed by atoms with Crippen molar-refractivity contribution in [1.29, 1.82) is 0 Å². The van der Waals surface area contributed by atoms with Gasteiger partial charge in [-0.15, -0.1) is 0 Å². The van der Waals surface area contributed by atoms with Gasteiger partial charge in [-0.2, -0.15) is 0 Å². The Morgan fingerprint density at radius 1 is 1.21 bits per heavy atom. The van der Waals surface area contributed by atoms with Crippen LogP contribution in [0, 0.1) is 0 Å². The zero-order chi connectivity index (χ0) is 17.1. The molecule has 0 aliphatic carbocycles. The van der Waals surface area contributed by atoms with Crippen molar-refractivity contribution >= 4 is 11.7 Å². The number of amides is 1. The summed E-state index contributed by atoms with van der Waals surface area (Å²) in [6, 6.07) is 7.17. The zero-order valence-corrected chi connectivity index (χ0v) is 13.6. The molecule has 1 aromatic carbocycles. The van der Waals surface area contributed by atoms with E-state index in [1.165, 1.54) is 4.90 Å². The lowest BCUT2D eigenvalue weighted by Crippen LogP contribution is -2.28. The molecule has 0 bridgehead atoms. The summed E-state index contributed by atoms with van der Waals surface area (Å²) in [4.78, 5) is 17.2. The van der Waals surface area contributed by atoms with Gasteiger partial charge in [-0.1, -0.05) is 6.07 Å². The number of hydrogen-bond donors (Lipinski definition) is 2. The van der Waals surface area contributed by atoms with E-state index < -0.39 is 0 Å². The molecule has 0 unspecified atom stereocenters. The van der Waals surface area contributed by atoms with Crippen LogP contribution in [0.15, 0.2) is 30.5 Å². The number of anilines is 1. The summed E-state index contributed by atoms with van der Waals surface area (Å²) in [5.74, 6) is 1.53. The van der Waals surface area contributed by atoms with Crippen molar-refractivity contribution in [2.24, 2.45) is 0 Å². The fraction of sp³-hybridized carbons (Fsp3) is 0.294. The van der Waals surface area contributed by atoms with Gasteiger partial charge in [0.1, 0.15) is 13.2 Å². The first-order chi connectivity index (χ1) is 11.5. The molecule has 126 valence electrons. The molecule has 1 amide bonds. The predicted octanol–water partition coefficient (Wildman–Crippen LogP) is 1.73.